The van der Waals surface area contributed by atoms with Crippen LogP contribution in [0.5, 0.6) is 28.7 Å². The predicted molar refractivity (Wildman–Crippen MR) is 110 cm³/mol. The molecule has 13 heteroatoms. The highest BCUT2D eigenvalue weighted by molar-refractivity contribution is 5.88. The van der Waals surface area contributed by atoms with Gasteiger partial charge in [0.1, 0.15) is 40.8 Å². The molecule has 8 N–H and O–H groups in total. The third-order valence-corrected chi connectivity index (χ3v) is 5.20. The van der Waals surface area contributed by atoms with Crippen LogP contribution in [0, 0.1) is 0 Å². The second-order valence-corrected chi connectivity index (χ2v) is 7.48. The summed E-state index contributed by atoms with van der Waals surface area (Å²) in [5.74, 6) is -5.11. The van der Waals surface area contributed by atoms with Crippen molar-refractivity contribution < 1.29 is 59.5 Å². The molecular formula is C21H18O13. The number of aliphatic hydroxyl groups is 3. The third kappa shape index (κ3) is 3.82. The van der Waals surface area contributed by atoms with Crippen molar-refractivity contribution in [3.8, 4) is 40.1 Å². The molecular weight excluding hydrogens is 460 g/mol. The normalized spacial score (nSPS) is 24.7. The number of carboxylic acid groups (broad SMARTS) is 1. The molecule has 2 aromatic carbocycles. The topological polar surface area (TPSA) is 228 Å². The van der Waals surface area contributed by atoms with Gasteiger partial charge < -0.3 is 54.7 Å². The first kappa shape index (κ1) is 23.1. The van der Waals surface area contributed by atoms with Gasteiger partial charge >= 0.3 is 5.97 Å². The van der Waals surface area contributed by atoms with E-state index in [1.54, 1.807) is 0 Å². The Bertz CT molecular complexity index is 1330. The lowest BCUT2D eigenvalue weighted by Gasteiger charge is -2.38. The summed E-state index contributed by atoms with van der Waals surface area (Å²) in [5, 5.41) is 78.3. The van der Waals surface area contributed by atoms with E-state index in [1.165, 1.54) is 6.07 Å². The number of aliphatic carboxylic acids is 1. The number of benzene rings is 2. The lowest BCUT2D eigenvalue weighted by atomic mass is 9.99. The zero-order valence-corrected chi connectivity index (χ0v) is 16.9. The van der Waals surface area contributed by atoms with Crippen molar-refractivity contribution in [2.45, 2.75) is 30.7 Å². The minimum Gasteiger partial charge on any atom is -0.508 e. The Morgan fingerprint density at radius 1 is 0.882 bits per heavy atom. The number of rotatable bonds is 4. The van der Waals surface area contributed by atoms with Crippen LogP contribution >= 0.6 is 0 Å². The summed E-state index contributed by atoms with van der Waals surface area (Å²) in [4.78, 5) is 24.6. The maximum absolute atomic E-state index is 13.2. The fourth-order valence-corrected chi connectivity index (χ4v) is 3.50. The van der Waals surface area contributed by atoms with Gasteiger partial charge in [-0.05, 0) is 18.2 Å². The maximum Gasteiger partial charge on any atom is 0.335 e. The molecule has 180 valence electrons. The molecule has 0 radical (unpaired) electrons. The number of phenols is 4. The lowest BCUT2D eigenvalue weighted by Crippen LogP contribution is -2.61. The number of aromatic hydroxyl groups is 4. The molecule has 1 unspecified atom stereocenters. The van der Waals surface area contributed by atoms with Crippen LogP contribution in [0.15, 0.2) is 39.5 Å². The summed E-state index contributed by atoms with van der Waals surface area (Å²) in [6, 6.07) is 5.13. The van der Waals surface area contributed by atoms with Gasteiger partial charge in [0.2, 0.25) is 17.5 Å². The van der Waals surface area contributed by atoms with Crippen molar-refractivity contribution in [2.75, 3.05) is 0 Å². The maximum atomic E-state index is 13.2. The Labute approximate surface area is 188 Å². The molecule has 0 bridgehead atoms. The van der Waals surface area contributed by atoms with E-state index in [1.807, 2.05) is 0 Å². The molecule has 34 heavy (non-hydrogen) atoms. The standard InChI is InChI=1S/C21H18O13/c22-7-4-10(25)12-11(5-7)32-17(6-1-2-8(23)9(24)3-6)18(13(12)26)33-21-16(29)14(27)15(28)19(34-21)20(30)31/h1-5,14-16,19,21-25,27-29H,(H,30,31)/t14-,15-,16+,19-,21?/m0/s1. The summed E-state index contributed by atoms with van der Waals surface area (Å²) in [7, 11) is 0. The third-order valence-electron chi connectivity index (χ3n) is 5.20. The molecule has 4 rings (SSSR count). The first-order valence-electron chi connectivity index (χ1n) is 9.64. The van der Waals surface area contributed by atoms with Crippen LogP contribution in [0.1, 0.15) is 0 Å². The van der Waals surface area contributed by atoms with E-state index in [4.69, 9.17) is 13.9 Å². The average molecular weight is 478 g/mol. The van der Waals surface area contributed by atoms with Gasteiger partial charge in [-0.3, -0.25) is 4.79 Å². The van der Waals surface area contributed by atoms with E-state index in [9.17, 15) is 50.4 Å². The second kappa shape index (κ2) is 8.39. The zero-order valence-electron chi connectivity index (χ0n) is 16.9. The number of phenolic OH excluding ortho intramolecular Hbond substituents is 4. The fourth-order valence-electron chi connectivity index (χ4n) is 3.50. The molecule has 0 saturated carbocycles. The number of hydrogen-bond donors (Lipinski definition) is 8. The van der Waals surface area contributed by atoms with Crippen LogP contribution in [-0.2, 0) is 9.53 Å². The van der Waals surface area contributed by atoms with Gasteiger partial charge in [-0.2, -0.15) is 0 Å². The fraction of sp³-hybridized carbons (Fsp3) is 0.238. The van der Waals surface area contributed by atoms with E-state index in [0.717, 1.165) is 24.3 Å². The number of aliphatic hydroxyl groups excluding tert-OH is 3. The van der Waals surface area contributed by atoms with E-state index >= 15 is 0 Å². The van der Waals surface area contributed by atoms with Crippen molar-refractivity contribution >= 4 is 16.9 Å². The highest BCUT2D eigenvalue weighted by Gasteiger charge is 2.48. The minimum atomic E-state index is -2.03. The number of carbonyl (C=O) groups is 1. The summed E-state index contributed by atoms with van der Waals surface area (Å²) in [5.41, 5.74) is -1.40. The van der Waals surface area contributed by atoms with Gasteiger partial charge in [0.15, 0.2) is 23.4 Å². The molecule has 1 aliphatic rings. The predicted octanol–water partition coefficient (Wildman–Crippen LogP) is -0.447. The summed E-state index contributed by atoms with van der Waals surface area (Å²) in [6.07, 6.45) is -10.1. The van der Waals surface area contributed by atoms with Crippen LogP contribution in [0.2, 0.25) is 0 Å². The summed E-state index contributed by atoms with van der Waals surface area (Å²) in [6.45, 7) is 0. The molecule has 1 aliphatic heterocycles. The van der Waals surface area contributed by atoms with E-state index in [2.05, 4.69) is 0 Å². The molecule has 0 spiro atoms. The second-order valence-electron chi connectivity index (χ2n) is 7.48. The molecule has 5 atom stereocenters. The van der Waals surface area contributed by atoms with Gasteiger partial charge in [-0.1, -0.05) is 0 Å². The Hall–Kier alpha value is -4.04. The lowest BCUT2D eigenvalue weighted by molar-refractivity contribution is -0.271. The smallest absolute Gasteiger partial charge is 0.335 e. The zero-order chi connectivity index (χ0) is 24.9. The number of fused-ring (bicyclic) bond motifs is 1. The Balaban J connectivity index is 1.91. The van der Waals surface area contributed by atoms with Gasteiger partial charge in [0.05, 0.1) is 0 Å². The van der Waals surface area contributed by atoms with Crippen LogP contribution in [0.4, 0.5) is 0 Å². The summed E-state index contributed by atoms with van der Waals surface area (Å²) < 4.78 is 16.1. The van der Waals surface area contributed by atoms with Gasteiger partial charge in [0.25, 0.3) is 0 Å². The van der Waals surface area contributed by atoms with Crippen LogP contribution in [0.3, 0.4) is 0 Å². The van der Waals surface area contributed by atoms with Gasteiger partial charge in [0, 0.05) is 17.7 Å². The largest absolute Gasteiger partial charge is 0.508 e. The molecule has 1 fully saturated rings. The molecule has 2 heterocycles. The van der Waals surface area contributed by atoms with Gasteiger partial charge in [-0.25, -0.2) is 4.79 Å². The quantitative estimate of drug-likeness (QED) is 0.223. The van der Waals surface area contributed by atoms with E-state index in [-0.39, 0.29) is 11.1 Å². The van der Waals surface area contributed by atoms with Crippen molar-refractivity contribution in [2.24, 2.45) is 0 Å². The van der Waals surface area contributed by atoms with Crippen molar-refractivity contribution in [3.63, 3.8) is 0 Å². The van der Waals surface area contributed by atoms with E-state index in [0.29, 0.717) is 0 Å². The number of carboxylic acids is 1. The summed E-state index contributed by atoms with van der Waals surface area (Å²) >= 11 is 0. The van der Waals surface area contributed by atoms with Gasteiger partial charge in [-0.15, -0.1) is 0 Å². The Kier molecular flexibility index (Phi) is 5.70. The molecule has 0 amide bonds. The molecule has 13 nitrogen and oxygen atoms in total. The van der Waals surface area contributed by atoms with Crippen LogP contribution < -0.4 is 10.2 Å². The Morgan fingerprint density at radius 3 is 2.24 bits per heavy atom. The SMILES string of the molecule is O=C(O)[C@H]1OC(Oc2c(-c3ccc(O)c(O)c3)oc3cc(O)cc(O)c3c2=O)[C@H](O)[C@@H](O)[C@@H]1O. The first-order chi connectivity index (χ1) is 16.0. The highest BCUT2D eigenvalue weighted by Crippen LogP contribution is 2.39. The highest BCUT2D eigenvalue weighted by atomic mass is 16.7. The monoisotopic (exact) mass is 478 g/mol. The number of hydrogen-bond acceptors (Lipinski definition) is 12. The molecule has 1 aromatic heterocycles. The average Bonchev–Trinajstić information content (AvgIpc) is 2.76. The molecule has 1 saturated heterocycles. The van der Waals surface area contributed by atoms with Crippen LogP contribution in [-0.4, -0.2) is 77.5 Å². The minimum absolute atomic E-state index is 0.0483. The van der Waals surface area contributed by atoms with Crippen molar-refractivity contribution in [1.29, 1.82) is 0 Å². The Morgan fingerprint density at radius 2 is 1.59 bits per heavy atom. The molecule has 3 aromatic rings. The van der Waals surface area contributed by atoms with Crippen LogP contribution in [0.25, 0.3) is 22.3 Å². The molecule has 0 aliphatic carbocycles. The first-order valence-corrected chi connectivity index (χ1v) is 9.64. The van der Waals surface area contributed by atoms with E-state index < -0.39 is 82.0 Å². The van der Waals surface area contributed by atoms with Crippen molar-refractivity contribution in [1.82, 2.24) is 0 Å². The number of ether oxygens (including phenoxy) is 2. The van der Waals surface area contributed by atoms with Crippen molar-refractivity contribution in [3.05, 3.63) is 40.6 Å².